The first-order valence-corrected chi connectivity index (χ1v) is 9.34. The molecule has 0 aromatic heterocycles. The van der Waals surface area contributed by atoms with Crippen LogP contribution in [0.1, 0.15) is 13.3 Å². The van der Waals surface area contributed by atoms with Crippen molar-refractivity contribution in [1.29, 1.82) is 0 Å². The summed E-state index contributed by atoms with van der Waals surface area (Å²) >= 11 is 0. The highest BCUT2D eigenvalue weighted by atomic mass is 19.1. The summed E-state index contributed by atoms with van der Waals surface area (Å²) in [5, 5.41) is 6.62. The topological polar surface area (TPSA) is 52.1 Å². The van der Waals surface area contributed by atoms with Gasteiger partial charge in [0.1, 0.15) is 17.7 Å². The first kappa shape index (κ1) is 20.5. The van der Waals surface area contributed by atoms with Gasteiger partial charge in [0.25, 0.3) is 0 Å². The Labute approximate surface area is 156 Å². The van der Waals surface area contributed by atoms with Crippen molar-refractivity contribution in [3.05, 3.63) is 30.1 Å². The average Bonchev–Trinajstić information content (AvgIpc) is 2.84. The van der Waals surface area contributed by atoms with Crippen molar-refractivity contribution < 1.29 is 9.13 Å². The monoisotopic (exact) mass is 365 g/mol. The minimum absolute atomic E-state index is 0.0554. The van der Waals surface area contributed by atoms with Crippen molar-refractivity contribution in [2.45, 2.75) is 19.4 Å². The predicted molar refractivity (Wildman–Crippen MR) is 104 cm³/mol. The molecule has 146 valence electrons. The van der Waals surface area contributed by atoms with Crippen LogP contribution in [0.5, 0.6) is 5.75 Å². The summed E-state index contributed by atoms with van der Waals surface area (Å²) in [7, 11) is 3.95. The second-order valence-corrected chi connectivity index (χ2v) is 6.76. The third-order valence-corrected chi connectivity index (χ3v) is 4.46. The van der Waals surface area contributed by atoms with Gasteiger partial charge in [-0.3, -0.25) is 4.99 Å². The molecule has 1 aliphatic rings. The normalized spacial score (nSPS) is 18.2. The quantitative estimate of drug-likeness (QED) is 0.565. The first-order valence-electron chi connectivity index (χ1n) is 9.34. The number of ether oxygens (including phenoxy) is 1. The molecule has 1 fully saturated rings. The minimum Gasteiger partial charge on any atom is -0.489 e. The average molecular weight is 365 g/mol. The van der Waals surface area contributed by atoms with Gasteiger partial charge < -0.3 is 25.2 Å². The van der Waals surface area contributed by atoms with Crippen molar-refractivity contribution in [3.8, 4) is 5.75 Å². The van der Waals surface area contributed by atoms with Crippen molar-refractivity contribution in [1.82, 2.24) is 20.4 Å². The lowest BCUT2D eigenvalue weighted by Gasteiger charge is -2.21. The highest BCUT2D eigenvalue weighted by molar-refractivity contribution is 5.79. The molecule has 1 atom stereocenters. The Bertz CT molecular complexity index is 551. The lowest BCUT2D eigenvalue weighted by molar-refractivity contribution is 0.223. The molecule has 1 unspecified atom stereocenters. The third kappa shape index (κ3) is 7.58. The number of guanidine groups is 1. The number of halogens is 1. The summed E-state index contributed by atoms with van der Waals surface area (Å²) in [5.74, 6) is 1.17. The Morgan fingerprint density at radius 1 is 1.19 bits per heavy atom. The molecule has 7 heteroatoms. The molecule has 0 spiro atoms. The van der Waals surface area contributed by atoms with Gasteiger partial charge in [0.15, 0.2) is 5.96 Å². The number of benzene rings is 1. The Kier molecular flexibility index (Phi) is 8.64. The Balaban J connectivity index is 1.64. The number of hydrogen-bond donors (Lipinski definition) is 2. The second kappa shape index (κ2) is 11.0. The van der Waals surface area contributed by atoms with Crippen LogP contribution >= 0.6 is 0 Å². The number of hydrogen-bond acceptors (Lipinski definition) is 4. The summed E-state index contributed by atoms with van der Waals surface area (Å²) in [5.41, 5.74) is 0. The lowest BCUT2D eigenvalue weighted by Crippen LogP contribution is -2.44. The summed E-state index contributed by atoms with van der Waals surface area (Å²) in [6, 6.07) is 6.07. The maximum absolute atomic E-state index is 12.9. The molecule has 0 aliphatic carbocycles. The minimum atomic E-state index is -0.260. The van der Waals surface area contributed by atoms with Crippen molar-refractivity contribution in [3.63, 3.8) is 0 Å². The van der Waals surface area contributed by atoms with Crippen LogP contribution < -0.4 is 15.4 Å². The SMILES string of the molecule is CN=C(NCCN1CCCN(C)CC1)NCC(C)Oc1ccc(F)cc1. The molecule has 0 amide bonds. The van der Waals surface area contributed by atoms with Gasteiger partial charge in [-0.05, 0) is 57.7 Å². The Hall–Kier alpha value is -1.86. The molecule has 0 radical (unpaired) electrons. The van der Waals surface area contributed by atoms with Gasteiger partial charge in [-0.1, -0.05) is 0 Å². The molecule has 1 aliphatic heterocycles. The molecule has 1 saturated heterocycles. The standard InChI is InChI=1S/C19H32FN5O/c1-16(26-18-7-5-17(20)6-8-18)15-23-19(21-2)22-9-12-25-11-4-10-24(3)13-14-25/h5-8,16H,4,9-15H2,1-3H3,(H2,21,22,23). The van der Waals surface area contributed by atoms with Gasteiger partial charge in [0, 0.05) is 33.2 Å². The first-order chi connectivity index (χ1) is 12.6. The highest BCUT2D eigenvalue weighted by Crippen LogP contribution is 2.12. The van der Waals surface area contributed by atoms with E-state index in [1.54, 1.807) is 19.2 Å². The molecule has 1 aromatic rings. The lowest BCUT2D eigenvalue weighted by atomic mass is 10.3. The molecule has 1 heterocycles. The van der Waals surface area contributed by atoms with E-state index in [2.05, 4.69) is 32.5 Å². The van der Waals surface area contributed by atoms with Gasteiger partial charge in [0.2, 0.25) is 0 Å². The fourth-order valence-corrected chi connectivity index (χ4v) is 2.90. The van der Waals surface area contributed by atoms with E-state index in [4.69, 9.17) is 4.74 Å². The summed E-state index contributed by atoms with van der Waals surface area (Å²) in [4.78, 5) is 9.13. The number of rotatable bonds is 7. The summed E-state index contributed by atoms with van der Waals surface area (Å²) < 4.78 is 18.7. The Morgan fingerprint density at radius 3 is 2.69 bits per heavy atom. The fourth-order valence-electron chi connectivity index (χ4n) is 2.90. The molecule has 1 aromatic carbocycles. The van der Waals surface area contributed by atoms with E-state index in [1.165, 1.54) is 25.1 Å². The Morgan fingerprint density at radius 2 is 1.96 bits per heavy atom. The van der Waals surface area contributed by atoms with E-state index in [-0.39, 0.29) is 11.9 Å². The fraction of sp³-hybridized carbons (Fsp3) is 0.632. The van der Waals surface area contributed by atoms with E-state index in [0.29, 0.717) is 12.3 Å². The summed E-state index contributed by atoms with van der Waals surface area (Å²) in [6.45, 7) is 9.04. The highest BCUT2D eigenvalue weighted by Gasteiger charge is 2.12. The maximum Gasteiger partial charge on any atom is 0.191 e. The molecule has 0 saturated carbocycles. The van der Waals surface area contributed by atoms with Gasteiger partial charge in [-0.15, -0.1) is 0 Å². The van der Waals surface area contributed by atoms with E-state index in [0.717, 1.165) is 38.7 Å². The van der Waals surface area contributed by atoms with Crippen LogP contribution in [0.2, 0.25) is 0 Å². The van der Waals surface area contributed by atoms with Crippen molar-refractivity contribution in [2.75, 3.05) is 59.9 Å². The number of nitrogens with one attached hydrogen (secondary N) is 2. The van der Waals surface area contributed by atoms with Crippen LogP contribution in [-0.4, -0.2) is 81.8 Å². The van der Waals surface area contributed by atoms with E-state index in [9.17, 15) is 4.39 Å². The van der Waals surface area contributed by atoms with Gasteiger partial charge in [-0.25, -0.2) is 4.39 Å². The zero-order valence-electron chi connectivity index (χ0n) is 16.2. The van der Waals surface area contributed by atoms with E-state index in [1.807, 2.05) is 6.92 Å². The van der Waals surface area contributed by atoms with Crippen LogP contribution in [0, 0.1) is 5.82 Å². The molecule has 2 N–H and O–H groups in total. The van der Waals surface area contributed by atoms with Crippen LogP contribution in [0.25, 0.3) is 0 Å². The number of aliphatic imine (C=N–C) groups is 1. The maximum atomic E-state index is 12.9. The zero-order valence-corrected chi connectivity index (χ0v) is 16.2. The van der Waals surface area contributed by atoms with Crippen molar-refractivity contribution >= 4 is 5.96 Å². The van der Waals surface area contributed by atoms with Crippen LogP contribution in [0.15, 0.2) is 29.3 Å². The molecular weight excluding hydrogens is 333 g/mol. The van der Waals surface area contributed by atoms with Crippen molar-refractivity contribution in [2.24, 2.45) is 4.99 Å². The molecular formula is C19H32FN5O. The molecule has 6 nitrogen and oxygen atoms in total. The van der Waals surface area contributed by atoms with Crippen LogP contribution in [0.4, 0.5) is 4.39 Å². The van der Waals surface area contributed by atoms with Gasteiger partial charge in [-0.2, -0.15) is 0 Å². The molecule has 2 rings (SSSR count). The number of nitrogens with zero attached hydrogens (tertiary/aromatic N) is 3. The van der Waals surface area contributed by atoms with Gasteiger partial charge in [0.05, 0.1) is 6.54 Å². The van der Waals surface area contributed by atoms with Crippen LogP contribution in [-0.2, 0) is 0 Å². The summed E-state index contributed by atoms with van der Waals surface area (Å²) in [6.07, 6.45) is 1.17. The predicted octanol–water partition coefficient (Wildman–Crippen LogP) is 1.40. The molecule has 0 bridgehead atoms. The smallest absolute Gasteiger partial charge is 0.191 e. The second-order valence-electron chi connectivity index (χ2n) is 6.76. The van der Waals surface area contributed by atoms with E-state index >= 15 is 0 Å². The van der Waals surface area contributed by atoms with Crippen LogP contribution in [0.3, 0.4) is 0 Å². The number of likely N-dealkylation sites (N-methyl/N-ethyl adjacent to an activating group) is 1. The van der Waals surface area contributed by atoms with E-state index < -0.39 is 0 Å². The largest absolute Gasteiger partial charge is 0.489 e. The zero-order chi connectivity index (χ0) is 18.8. The molecule has 26 heavy (non-hydrogen) atoms. The van der Waals surface area contributed by atoms with Gasteiger partial charge >= 0.3 is 0 Å². The third-order valence-electron chi connectivity index (χ3n) is 4.46.